The van der Waals surface area contributed by atoms with Crippen LogP contribution in [0.15, 0.2) is 5.16 Å². The summed E-state index contributed by atoms with van der Waals surface area (Å²) in [4.78, 5) is 5.60. The largest absolute Gasteiger partial charge is 0.390 e. The Hall–Kier alpha value is -0.530. The molecule has 2 heteroatoms. The van der Waals surface area contributed by atoms with Gasteiger partial charge in [-0.05, 0) is 39.0 Å². The molecule has 1 aliphatic rings. The summed E-state index contributed by atoms with van der Waals surface area (Å²) in [6.07, 6.45) is 8.31. The van der Waals surface area contributed by atoms with Gasteiger partial charge in [0.25, 0.3) is 0 Å². The van der Waals surface area contributed by atoms with E-state index in [1.807, 2.05) is 0 Å². The highest BCUT2D eigenvalue weighted by atomic mass is 16.6. The van der Waals surface area contributed by atoms with Crippen molar-refractivity contribution in [3.63, 3.8) is 0 Å². The number of hydrogen-bond acceptors (Lipinski definition) is 2. The van der Waals surface area contributed by atoms with E-state index in [1.165, 1.54) is 25.0 Å². The standard InChI is InChI=1S/C12H23NO/c1-4-6-7-9-12(3)10-8-11(5-2)13-14-12/h4-10H2,1-3H3. The molecule has 0 radical (unpaired) electrons. The van der Waals surface area contributed by atoms with E-state index in [-0.39, 0.29) is 5.60 Å². The van der Waals surface area contributed by atoms with Crippen LogP contribution in [-0.2, 0) is 4.84 Å². The average molecular weight is 197 g/mol. The van der Waals surface area contributed by atoms with Crippen LogP contribution in [0.2, 0.25) is 0 Å². The fraction of sp³-hybridized carbons (Fsp3) is 0.917. The number of oxime groups is 1. The van der Waals surface area contributed by atoms with Crippen LogP contribution in [0.5, 0.6) is 0 Å². The Morgan fingerprint density at radius 1 is 1.36 bits per heavy atom. The minimum atomic E-state index is 0.0217. The molecule has 0 amide bonds. The van der Waals surface area contributed by atoms with Crippen LogP contribution < -0.4 is 0 Å². The molecule has 1 rings (SSSR count). The molecule has 0 aromatic rings. The third-order valence-electron chi connectivity index (χ3n) is 3.05. The number of rotatable bonds is 5. The summed E-state index contributed by atoms with van der Waals surface area (Å²) >= 11 is 0. The lowest BCUT2D eigenvalue weighted by Gasteiger charge is -2.31. The quantitative estimate of drug-likeness (QED) is 0.612. The van der Waals surface area contributed by atoms with Crippen LogP contribution in [-0.4, -0.2) is 11.3 Å². The Morgan fingerprint density at radius 3 is 2.64 bits per heavy atom. The summed E-state index contributed by atoms with van der Waals surface area (Å²) in [7, 11) is 0. The third-order valence-corrected chi connectivity index (χ3v) is 3.05. The first kappa shape index (κ1) is 11.5. The molecule has 0 saturated carbocycles. The molecule has 0 bridgehead atoms. The molecule has 0 spiro atoms. The maximum atomic E-state index is 5.60. The molecule has 82 valence electrons. The lowest BCUT2D eigenvalue weighted by atomic mass is 9.91. The average Bonchev–Trinajstić information content (AvgIpc) is 2.19. The van der Waals surface area contributed by atoms with Crippen molar-refractivity contribution in [2.45, 2.75) is 71.3 Å². The van der Waals surface area contributed by atoms with Crippen molar-refractivity contribution in [1.29, 1.82) is 0 Å². The zero-order valence-electron chi connectivity index (χ0n) is 9.81. The fourth-order valence-electron chi connectivity index (χ4n) is 1.84. The maximum absolute atomic E-state index is 5.60. The predicted octanol–water partition coefficient (Wildman–Crippen LogP) is 3.90. The van der Waals surface area contributed by atoms with Gasteiger partial charge in [-0.3, -0.25) is 0 Å². The number of nitrogens with zero attached hydrogens (tertiary/aromatic N) is 1. The molecule has 0 N–H and O–H groups in total. The van der Waals surface area contributed by atoms with E-state index in [1.54, 1.807) is 0 Å². The second-order valence-corrected chi connectivity index (χ2v) is 4.51. The summed E-state index contributed by atoms with van der Waals surface area (Å²) in [6, 6.07) is 0. The van der Waals surface area contributed by atoms with Crippen LogP contribution in [0, 0.1) is 0 Å². The lowest BCUT2D eigenvalue weighted by Crippen LogP contribution is -2.31. The third kappa shape index (κ3) is 3.32. The molecular weight excluding hydrogens is 174 g/mol. The molecule has 0 aromatic heterocycles. The summed E-state index contributed by atoms with van der Waals surface area (Å²) in [5.74, 6) is 0. The fourth-order valence-corrected chi connectivity index (χ4v) is 1.84. The summed E-state index contributed by atoms with van der Waals surface area (Å²) < 4.78 is 0. The lowest BCUT2D eigenvalue weighted by molar-refractivity contribution is -0.0510. The SMILES string of the molecule is CCCCCC1(C)CCC(CC)=NO1. The van der Waals surface area contributed by atoms with Gasteiger partial charge in [0.1, 0.15) is 5.60 Å². The minimum Gasteiger partial charge on any atom is -0.390 e. The Labute approximate surface area is 87.7 Å². The van der Waals surface area contributed by atoms with E-state index in [0.717, 1.165) is 25.7 Å². The van der Waals surface area contributed by atoms with Gasteiger partial charge < -0.3 is 4.84 Å². The van der Waals surface area contributed by atoms with Crippen molar-refractivity contribution in [2.75, 3.05) is 0 Å². The van der Waals surface area contributed by atoms with E-state index in [2.05, 4.69) is 25.9 Å². The molecule has 1 heterocycles. The van der Waals surface area contributed by atoms with Gasteiger partial charge in [-0.15, -0.1) is 0 Å². The van der Waals surface area contributed by atoms with Crippen molar-refractivity contribution in [2.24, 2.45) is 5.16 Å². The number of unbranched alkanes of at least 4 members (excludes halogenated alkanes) is 2. The van der Waals surface area contributed by atoms with E-state index in [9.17, 15) is 0 Å². The molecule has 0 saturated heterocycles. The molecule has 0 aliphatic carbocycles. The van der Waals surface area contributed by atoms with E-state index in [0.29, 0.717) is 0 Å². The van der Waals surface area contributed by atoms with E-state index < -0.39 is 0 Å². The van der Waals surface area contributed by atoms with Gasteiger partial charge in [-0.25, -0.2) is 0 Å². The summed E-state index contributed by atoms with van der Waals surface area (Å²) in [5, 5.41) is 4.20. The molecule has 1 unspecified atom stereocenters. The molecule has 1 atom stereocenters. The van der Waals surface area contributed by atoms with Crippen LogP contribution in [0.1, 0.15) is 65.7 Å². The molecule has 0 aromatic carbocycles. The highest BCUT2D eigenvalue weighted by molar-refractivity contribution is 5.84. The summed E-state index contributed by atoms with van der Waals surface area (Å²) in [5.41, 5.74) is 1.24. The van der Waals surface area contributed by atoms with Crippen LogP contribution >= 0.6 is 0 Å². The van der Waals surface area contributed by atoms with Crippen LogP contribution in [0.3, 0.4) is 0 Å². The van der Waals surface area contributed by atoms with Crippen molar-refractivity contribution >= 4 is 5.71 Å². The maximum Gasteiger partial charge on any atom is 0.135 e. The van der Waals surface area contributed by atoms with Crippen molar-refractivity contribution in [1.82, 2.24) is 0 Å². The van der Waals surface area contributed by atoms with Crippen LogP contribution in [0.4, 0.5) is 0 Å². The molecular formula is C12H23NO. The molecule has 2 nitrogen and oxygen atoms in total. The Balaban J connectivity index is 2.33. The van der Waals surface area contributed by atoms with Gasteiger partial charge in [0.2, 0.25) is 0 Å². The second-order valence-electron chi connectivity index (χ2n) is 4.51. The zero-order valence-corrected chi connectivity index (χ0v) is 9.81. The van der Waals surface area contributed by atoms with Gasteiger partial charge in [0, 0.05) is 0 Å². The monoisotopic (exact) mass is 197 g/mol. The van der Waals surface area contributed by atoms with Gasteiger partial charge in [0.05, 0.1) is 5.71 Å². The number of hydrogen-bond donors (Lipinski definition) is 0. The van der Waals surface area contributed by atoms with Gasteiger partial charge >= 0.3 is 0 Å². The van der Waals surface area contributed by atoms with Crippen molar-refractivity contribution in [3.8, 4) is 0 Å². The first-order valence-electron chi connectivity index (χ1n) is 5.94. The predicted molar refractivity (Wildman–Crippen MR) is 60.6 cm³/mol. The smallest absolute Gasteiger partial charge is 0.135 e. The molecule has 0 fully saturated rings. The normalized spacial score (nSPS) is 26.9. The zero-order chi connectivity index (χ0) is 10.4. The van der Waals surface area contributed by atoms with Crippen LogP contribution in [0.25, 0.3) is 0 Å². The van der Waals surface area contributed by atoms with Gasteiger partial charge in [0.15, 0.2) is 0 Å². The first-order chi connectivity index (χ1) is 6.70. The Morgan fingerprint density at radius 2 is 2.14 bits per heavy atom. The van der Waals surface area contributed by atoms with Crippen molar-refractivity contribution in [3.05, 3.63) is 0 Å². The van der Waals surface area contributed by atoms with Gasteiger partial charge in [-0.2, -0.15) is 0 Å². The Bertz CT molecular complexity index is 200. The van der Waals surface area contributed by atoms with E-state index >= 15 is 0 Å². The van der Waals surface area contributed by atoms with Crippen molar-refractivity contribution < 1.29 is 4.84 Å². The first-order valence-corrected chi connectivity index (χ1v) is 5.94. The topological polar surface area (TPSA) is 21.6 Å². The summed E-state index contributed by atoms with van der Waals surface area (Å²) in [6.45, 7) is 6.57. The highest BCUT2D eigenvalue weighted by Gasteiger charge is 2.29. The van der Waals surface area contributed by atoms with Gasteiger partial charge in [-0.1, -0.05) is 31.8 Å². The molecule has 14 heavy (non-hydrogen) atoms. The molecule has 1 aliphatic heterocycles. The Kier molecular flexibility index (Phi) is 4.43. The second kappa shape index (κ2) is 5.38. The van der Waals surface area contributed by atoms with E-state index in [4.69, 9.17) is 4.84 Å². The minimum absolute atomic E-state index is 0.0217. The highest BCUT2D eigenvalue weighted by Crippen LogP contribution is 2.29.